The molecule has 0 aromatic carbocycles. The number of aliphatic hydroxyl groups is 2. The lowest BCUT2D eigenvalue weighted by atomic mass is 9.53. The van der Waals surface area contributed by atoms with E-state index in [1.54, 1.807) is 0 Å². The highest BCUT2D eigenvalue weighted by molar-refractivity contribution is 14.1. The van der Waals surface area contributed by atoms with Crippen molar-refractivity contribution < 1.29 is 76.8 Å². The molecule has 6 aliphatic carbocycles. The molecule has 26 atom stereocenters. The van der Waals surface area contributed by atoms with Gasteiger partial charge < -0.3 is 57.6 Å². The van der Waals surface area contributed by atoms with Crippen molar-refractivity contribution in [1.82, 2.24) is 0 Å². The second-order valence-electron chi connectivity index (χ2n) is 24.2. The minimum absolute atomic E-state index is 0.0129. The fraction of sp³-hybridized carbons (Fsp3) is 0.913. The van der Waals surface area contributed by atoms with E-state index in [9.17, 15) is 29.4 Å². The lowest BCUT2D eigenvalue weighted by molar-refractivity contribution is -0.200. The molecule has 66 heavy (non-hydrogen) atoms. The third kappa shape index (κ3) is 3.97. The monoisotopic (exact) mass is 1280 g/mol. The van der Waals surface area contributed by atoms with Crippen LogP contribution in [0.25, 0.3) is 0 Å². The zero-order valence-corrected chi connectivity index (χ0v) is 45.7. The first-order valence-electron chi connectivity index (χ1n) is 23.2. The van der Waals surface area contributed by atoms with Crippen LogP contribution in [0.3, 0.4) is 0 Å². The molecule has 9 heterocycles. The summed E-state index contributed by atoms with van der Waals surface area (Å²) in [6.07, 6.45) is -1.93. The maximum absolute atomic E-state index is 12.7. The second kappa shape index (κ2) is 12.1. The SMILES string of the molecule is CC1(I)C2C(O)C3OC(=O)[C@@]45O[C@@H]4CC1(O[C@]2(C)CBr)C35C.CC1(I)C2C(OC=O)C3OC(=O)[C@@]45O[C@@H]4CC1(O[C@]2(C)CBr)C35C.CC1C2C(O)C3OC(=O)[C@@]45O[C@@H]4CC1(OC2(C)C)C35C. The first kappa shape index (κ1) is 45.8. The Labute approximate surface area is 426 Å². The molecule has 20 heteroatoms. The molecule has 6 spiro atoms. The van der Waals surface area contributed by atoms with Gasteiger partial charge in [0.05, 0.1) is 68.9 Å². The van der Waals surface area contributed by atoms with Gasteiger partial charge in [0.2, 0.25) is 16.8 Å². The van der Waals surface area contributed by atoms with Crippen LogP contribution in [0.5, 0.6) is 0 Å². The summed E-state index contributed by atoms with van der Waals surface area (Å²) in [5.74, 6) is -0.984. The highest BCUT2D eigenvalue weighted by atomic mass is 127. The summed E-state index contributed by atoms with van der Waals surface area (Å²) < 4.78 is 59.4. The molecule has 15 aliphatic rings. The molecule has 9 aliphatic heterocycles. The van der Waals surface area contributed by atoms with Crippen molar-refractivity contribution in [3.05, 3.63) is 0 Å². The normalized spacial score (nSPS) is 67.6. The summed E-state index contributed by atoms with van der Waals surface area (Å²) in [7, 11) is 0. The van der Waals surface area contributed by atoms with Crippen molar-refractivity contribution in [3.63, 3.8) is 0 Å². The van der Waals surface area contributed by atoms with Gasteiger partial charge in [0.25, 0.3) is 6.47 Å². The van der Waals surface area contributed by atoms with Gasteiger partial charge in [-0.2, -0.15) is 0 Å². The molecular weight excluding hydrogens is 1220 g/mol. The fourth-order valence-corrected chi connectivity index (χ4v) is 24.1. The zero-order chi connectivity index (χ0) is 47.6. The molecule has 0 amide bonds. The zero-order valence-electron chi connectivity index (χ0n) is 38.2. The maximum Gasteiger partial charge on any atom is 0.342 e. The molecule has 2 N–H and O–H groups in total. The Morgan fingerprint density at radius 3 is 1.56 bits per heavy atom. The van der Waals surface area contributed by atoms with E-state index in [-0.39, 0.29) is 66.7 Å². The van der Waals surface area contributed by atoms with Crippen LogP contribution >= 0.6 is 77.0 Å². The Balaban J connectivity index is 0.0000000991. The van der Waals surface area contributed by atoms with E-state index in [1.807, 2.05) is 48.5 Å². The van der Waals surface area contributed by atoms with Gasteiger partial charge >= 0.3 is 17.9 Å². The van der Waals surface area contributed by atoms with Gasteiger partial charge in [-0.15, -0.1) is 0 Å². The Morgan fingerprint density at radius 2 is 1.06 bits per heavy atom. The van der Waals surface area contributed by atoms with Crippen molar-refractivity contribution in [3.8, 4) is 0 Å². The van der Waals surface area contributed by atoms with Crippen LogP contribution < -0.4 is 0 Å². The molecule has 0 aromatic rings. The largest absolute Gasteiger partial charge is 0.460 e. The van der Waals surface area contributed by atoms with Crippen LogP contribution in [0.4, 0.5) is 0 Å². The summed E-state index contributed by atoms with van der Waals surface area (Å²) in [6, 6.07) is 0. The van der Waals surface area contributed by atoms with Crippen molar-refractivity contribution in [2.24, 2.45) is 39.9 Å². The Morgan fingerprint density at radius 1 is 0.636 bits per heavy atom. The Kier molecular flexibility index (Phi) is 8.43. The highest BCUT2D eigenvalue weighted by Crippen LogP contribution is 2.84. The van der Waals surface area contributed by atoms with Gasteiger partial charge in [-0.05, 0) is 68.2 Å². The molecule has 0 aromatic heterocycles. The molecule has 364 valence electrons. The molecule has 6 bridgehead atoms. The summed E-state index contributed by atoms with van der Waals surface area (Å²) in [6.45, 7) is 21.1. The maximum atomic E-state index is 12.7. The molecule has 15 fully saturated rings. The van der Waals surface area contributed by atoms with Crippen LogP contribution in [0, 0.1) is 39.9 Å². The number of halogens is 4. The predicted octanol–water partition coefficient (Wildman–Crippen LogP) is 3.95. The third-order valence-corrected chi connectivity index (χ3v) is 27.2. The van der Waals surface area contributed by atoms with E-state index < -0.39 is 103 Å². The second-order valence-corrected chi connectivity index (χ2v) is 29.8. The number of aliphatic hydroxyl groups excluding tert-OH is 2. The standard InChI is InChI=1S/C16H18BrIO6.C15H18BrIO5.C15H20O5/c1-12(5-17)9-8(21-6-19)10-13(2)15(24-12,14(9,3)18)4-7-16(13,23-7)11(20)22-10;1-11(5-16)8-7(18)9-12(2)14(22-11,13(8,3)17)4-6-15(12,21-6)10(19)20-9;1-6-8-9(16)10-13(4)14(6,20-12(8,2)3)5-7-15(13,19-7)11(17)18-10/h6-10H,4-5H2,1-3H3;6-9,18H,4-5H2,1-3H3;6-10,16H,5H2,1-4H3/t7-,8?,9?,10?,12-,13?,14?,15?,16+;6-,7?,8?,9?,11-,12?,13?,14?,15+;6?,7-,8?,9?,10?,13?,14?,15+/m111/s1. The van der Waals surface area contributed by atoms with E-state index >= 15 is 0 Å². The number of carbonyl (C=O) groups is 4. The van der Waals surface area contributed by atoms with Crippen molar-refractivity contribution >= 4 is 101 Å². The molecule has 16 nitrogen and oxygen atoms in total. The fourth-order valence-electron chi connectivity index (χ4n) is 19.4. The Bertz CT molecular complexity index is 2380. The number of ether oxygens (including phenoxy) is 10. The van der Waals surface area contributed by atoms with Crippen molar-refractivity contribution in [2.45, 2.75) is 201 Å². The number of fused-ring (bicyclic) bond motifs is 3. The third-order valence-electron chi connectivity index (χ3n) is 21.9. The van der Waals surface area contributed by atoms with Crippen molar-refractivity contribution in [2.75, 3.05) is 10.7 Å². The summed E-state index contributed by atoms with van der Waals surface area (Å²) in [5, 5.41) is 23.2. The average molecular weight is 1280 g/mol. The smallest absolute Gasteiger partial charge is 0.342 e. The minimum Gasteiger partial charge on any atom is -0.460 e. The number of rotatable bonds is 4. The van der Waals surface area contributed by atoms with Gasteiger partial charge in [-0.1, -0.05) is 84.0 Å². The molecule has 6 saturated carbocycles. The number of hydrogen-bond acceptors (Lipinski definition) is 16. The minimum atomic E-state index is -0.947. The molecular formula is C46H56Br2I2O16. The van der Waals surface area contributed by atoms with Gasteiger partial charge in [-0.25, -0.2) is 14.4 Å². The van der Waals surface area contributed by atoms with E-state index in [0.29, 0.717) is 30.0 Å². The predicted molar refractivity (Wildman–Crippen MR) is 248 cm³/mol. The summed E-state index contributed by atoms with van der Waals surface area (Å²) in [5.41, 5.74) is -7.54. The van der Waals surface area contributed by atoms with E-state index in [4.69, 9.17) is 47.4 Å². The highest BCUT2D eigenvalue weighted by Gasteiger charge is 3.00. The van der Waals surface area contributed by atoms with Gasteiger partial charge in [0.15, 0.2) is 6.10 Å². The van der Waals surface area contributed by atoms with Gasteiger partial charge in [0.1, 0.15) is 36.6 Å². The van der Waals surface area contributed by atoms with E-state index in [0.717, 1.165) is 6.42 Å². The van der Waals surface area contributed by atoms with Crippen LogP contribution in [0.15, 0.2) is 0 Å². The number of esters is 3. The Hall–Kier alpha value is -0.0200. The lowest BCUT2D eigenvalue weighted by Gasteiger charge is -2.56. The average Bonchev–Trinajstić information content (AvgIpc) is 4.12. The van der Waals surface area contributed by atoms with Crippen LogP contribution in [-0.4, -0.2) is 157 Å². The number of epoxide rings is 3. The number of alkyl halides is 4. The molecule has 9 saturated heterocycles. The van der Waals surface area contributed by atoms with E-state index in [2.05, 4.69) is 97.8 Å². The quantitative estimate of drug-likeness (QED) is 0.102. The topological polar surface area (TPSA) is 211 Å². The van der Waals surface area contributed by atoms with Crippen LogP contribution in [0.1, 0.15) is 88.5 Å². The van der Waals surface area contributed by atoms with E-state index in [1.165, 1.54) is 0 Å². The first-order chi connectivity index (χ1) is 30.5. The summed E-state index contributed by atoms with van der Waals surface area (Å²) in [4.78, 5) is 48.8. The van der Waals surface area contributed by atoms with Crippen molar-refractivity contribution in [1.29, 1.82) is 0 Å². The number of hydrogen-bond donors (Lipinski definition) is 2. The lowest BCUT2D eigenvalue weighted by Crippen LogP contribution is -2.71. The molecule has 15 rings (SSSR count). The first-order valence-corrected chi connectivity index (χ1v) is 27.6. The van der Waals surface area contributed by atoms with Gasteiger partial charge in [-0.3, -0.25) is 4.79 Å². The molecule has 0 radical (unpaired) electrons. The summed E-state index contributed by atoms with van der Waals surface area (Å²) >= 11 is 12.0. The van der Waals surface area contributed by atoms with Gasteiger partial charge in [0, 0.05) is 47.7 Å². The van der Waals surface area contributed by atoms with Crippen LogP contribution in [-0.2, 0) is 66.5 Å². The number of carbonyl (C=O) groups excluding carboxylic acids is 4. The molecule has 18 unspecified atom stereocenters. The van der Waals surface area contributed by atoms with Crippen LogP contribution in [0.2, 0.25) is 0 Å².